The molecule has 0 unspecified atom stereocenters. The fraction of sp³-hybridized carbons (Fsp3) is 0.208. The number of pyridine rings is 1. The van der Waals surface area contributed by atoms with Crippen molar-refractivity contribution < 1.29 is 14.8 Å². The summed E-state index contributed by atoms with van der Waals surface area (Å²) in [6, 6.07) is 16.1. The van der Waals surface area contributed by atoms with E-state index < -0.39 is 16.4 Å². The SMILES string of the molecule is CCN(CCn1c(O)c(C#N)c(C)c(N=Nc2ccccc2[N+](=O)[O-])c1=O)C(=O)c1ccccc1. The van der Waals surface area contributed by atoms with Crippen LogP contribution in [0.4, 0.5) is 17.1 Å². The number of hydrogen-bond acceptors (Lipinski definition) is 8. The molecule has 3 rings (SSSR count). The van der Waals surface area contributed by atoms with Crippen LogP contribution in [-0.2, 0) is 6.54 Å². The molecule has 178 valence electrons. The number of rotatable bonds is 8. The minimum absolute atomic E-state index is 0.0694. The number of amides is 1. The molecule has 0 radical (unpaired) electrons. The first-order valence-electron chi connectivity index (χ1n) is 10.7. The highest BCUT2D eigenvalue weighted by Gasteiger charge is 2.21. The number of nitro benzene ring substituents is 1. The van der Waals surface area contributed by atoms with Gasteiger partial charge in [0.25, 0.3) is 17.2 Å². The summed E-state index contributed by atoms with van der Waals surface area (Å²) in [6.45, 7) is 3.53. The van der Waals surface area contributed by atoms with Gasteiger partial charge in [-0.3, -0.25) is 24.3 Å². The van der Waals surface area contributed by atoms with Gasteiger partial charge in [-0.25, -0.2) is 0 Å². The highest BCUT2D eigenvalue weighted by atomic mass is 16.6. The summed E-state index contributed by atoms with van der Waals surface area (Å²) in [5, 5.41) is 39.1. The van der Waals surface area contributed by atoms with Crippen LogP contribution in [0.15, 0.2) is 69.6 Å². The topological polar surface area (TPSA) is 154 Å². The van der Waals surface area contributed by atoms with Crippen molar-refractivity contribution in [1.82, 2.24) is 9.47 Å². The molecule has 3 aromatic rings. The molecule has 1 heterocycles. The summed E-state index contributed by atoms with van der Waals surface area (Å²) in [6.07, 6.45) is 0. The number of aromatic nitrogens is 1. The van der Waals surface area contributed by atoms with Crippen LogP contribution in [0.25, 0.3) is 0 Å². The zero-order chi connectivity index (χ0) is 25.5. The van der Waals surface area contributed by atoms with Crippen molar-refractivity contribution in [3.63, 3.8) is 0 Å². The molecule has 0 aliphatic heterocycles. The van der Waals surface area contributed by atoms with E-state index in [9.17, 15) is 30.1 Å². The number of nitro groups is 1. The number of carbonyl (C=O) groups is 1. The average Bonchev–Trinajstić information content (AvgIpc) is 2.86. The third-order valence-corrected chi connectivity index (χ3v) is 5.39. The minimum Gasteiger partial charge on any atom is -0.493 e. The third kappa shape index (κ3) is 5.22. The van der Waals surface area contributed by atoms with Crippen molar-refractivity contribution in [3.05, 3.63) is 91.8 Å². The maximum atomic E-state index is 13.2. The van der Waals surface area contributed by atoms with Gasteiger partial charge in [-0.1, -0.05) is 30.3 Å². The maximum Gasteiger partial charge on any atom is 0.296 e. The fourth-order valence-electron chi connectivity index (χ4n) is 3.46. The summed E-state index contributed by atoms with van der Waals surface area (Å²) in [7, 11) is 0. The largest absolute Gasteiger partial charge is 0.493 e. The lowest BCUT2D eigenvalue weighted by molar-refractivity contribution is -0.384. The fourth-order valence-corrected chi connectivity index (χ4v) is 3.46. The van der Waals surface area contributed by atoms with Gasteiger partial charge in [0, 0.05) is 36.8 Å². The predicted octanol–water partition coefficient (Wildman–Crippen LogP) is 4.22. The summed E-state index contributed by atoms with van der Waals surface area (Å²) in [5.41, 5.74) is -0.975. The lowest BCUT2D eigenvalue weighted by atomic mass is 10.1. The Morgan fingerprint density at radius 3 is 2.46 bits per heavy atom. The van der Waals surface area contributed by atoms with Crippen molar-refractivity contribution in [2.45, 2.75) is 20.4 Å². The average molecular weight is 474 g/mol. The maximum absolute atomic E-state index is 13.2. The monoisotopic (exact) mass is 474 g/mol. The van der Waals surface area contributed by atoms with Crippen LogP contribution in [0.1, 0.15) is 28.4 Å². The first-order valence-corrected chi connectivity index (χ1v) is 10.7. The molecule has 35 heavy (non-hydrogen) atoms. The van der Waals surface area contributed by atoms with Gasteiger partial charge < -0.3 is 10.0 Å². The second-order valence-electron chi connectivity index (χ2n) is 7.44. The summed E-state index contributed by atoms with van der Waals surface area (Å²) < 4.78 is 0.945. The molecular weight excluding hydrogens is 452 g/mol. The number of nitriles is 1. The summed E-state index contributed by atoms with van der Waals surface area (Å²) in [5.74, 6) is -0.799. The van der Waals surface area contributed by atoms with E-state index in [4.69, 9.17) is 0 Å². The molecule has 0 aliphatic carbocycles. The first-order chi connectivity index (χ1) is 16.8. The zero-order valence-corrected chi connectivity index (χ0v) is 19.1. The molecule has 0 spiro atoms. The number of carbonyl (C=O) groups excluding carboxylic acids is 1. The molecule has 1 amide bonds. The van der Waals surface area contributed by atoms with Crippen molar-refractivity contribution in [1.29, 1.82) is 5.26 Å². The molecule has 11 nitrogen and oxygen atoms in total. The van der Waals surface area contributed by atoms with E-state index in [0.717, 1.165) is 4.57 Å². The van der Waals surface area contributed by atoms with E-state index in [1.165, 1.54) is 36.1 Å². The Morgan fingerprint density at radius 1 is 1.17 bits per heavy atom. The molecule has 0 fully saturated rings. The third-order valence-electron chi connectivity index (χ3n) is 5.39. The number of para-hydroxylation sites is 1. The molecular formula is C24H22N6O5. The van der Waals surface area contributed by atoms with E-state index in [1.54, 1.807) is 37.3 Å². The quantitative estimate of drug-likeness (QED) is 0.293. The number of nitrogens with zero attached hydrogens (tertiary/aromatic N) is 6. The Kier molecular flexibility index (Phi) is 7.68. The molecule has 0 saturated carbocycles. The lowest BCUT2D eigenvalue weighted by Gasteiger charge is -2.22. The van der Waals surface area contributed by atoms with Crippen molar-refractivity contribution in [2.75, 3.05) is 13.1 Å². The van der Waals surface area contributed by atoms with Gasteiger partial charge >= 0.3 is 0 Å². The molecule has 0 bridgehead atoms. The zero-order valence-electron chi connectivity index (χ0n) is 19.1. The molecule has 11 heteroatoms. The van der Waals surface area contributed by atoms with E-state index in [1.807, 2.05) is 6.07 Å². The van der Waals surface area contributed by atoms with Gasteiger partial charge in [0.2, 0.25) is 5.88 Å². The van der Waals surface area contributed by atoms with Crippen molar-refractivity contribution in [2.24, 2.45) is 10.2 Å². The van der Waals surface area contributed by atoms with Gasteiger partial charge in [-0.05, 0) is 32.0 Å². The number of benzene rings is 2. The van der Waals surface area contributed by atoms with Gasteiger partial charge in [-0.2, -0.15) is 5.26 Å². The van der Waals surface area contributed by atoms with Gasteiger partial charge in [0.15, 0.2) is 11.4 Å². The van der Waals surface area contributed by atoms with Crippen molar-refractivity contribution >= 4 is 23.0 Å². The summed E-state index contributed by atoms with van der Waals surface area (Å²) in [4.78, 5) is 38.1. The molecule has 1 N–H and O–H groups in total. The smallest absolute Gasteiger partial charge is 0.296 e. The Bertz CT molecular complexity index is 1390. The van der Waals surface area contributed by atoms with E-state index in [-0.39, 0.29) is 47.2 Å². The van der Waals surface area contributed by atoms with Crippen LogP contribution in [0.5, 0.6) is 5.88 Å². The Morgan fingerprint density at radius 2 is 1.83 bits per heavy atom. The normalized spacial score (nSPS) is 10.8. The van der Waals surface area contributed by atoms with Crippen LogP contribution in [0.3, 0.4) is 0 Å². The minimum atomic E-state index is -0.746. The van der Waals surface area contributed by atoms with Crippen LogP contribution in [0.2, 0.25) is 0 Å². The molecule has 0 aliphatic rings. The molecule has 1 aromatic heterocycles. The standard InChI is InChI=1S/C24H22N6O5/c1-3-28(22(31)17-9-5-4-6-10-17)13-14-29-23(32)18(15-25)16(2)21(24(29)33)27-26-19-11-7-8-12-20(19)30(34)35/h4-12,32H,3,13-14H2,1-2H3. The molecule has 0 atom stereocenters. The Balaban J connectivity index is 1.98. The Hall–Kier alpha value is -4.85. The van der Waals surface area contributed by atoms with E-state index in [0.29, 0.717) is 12.1 Å². The number of azo groups is 1. The number of likely N-dealkylation sites (N-methyl/N-ethyl adjacent to an activating group) is 1. The second kappa shape index (κ2) is 10.8. The summed E-state index contributed by atoms with van der Waals surface area (Å²) >= 11 is 0. The highest BCUT2D eigenvalue weighted by molar-refractivity contribution is 5.94. The number of aromatic hydroxyl groups is 1. The predicted molar refractivity (Wildman–Crippen MR) is 127 cm³/mol. The van der Waals surface area contributed by atoms with E-state index in [2.05, 4.69) is 10.2 Å². The molecule has 0 saturated heterocycles. The van der Waals surface area contributed by atoms with Crippen LogP contribution >= 0.6 is 0 Å². The van der Waals surface area contributed by atoms with Gasteiger partial charge in [0.05, 0.1) is 4.92 Å². The highest BCUT2D eigenvalue weighted by Crippen LogP contribution is 2.30. The van der Waals surface area contributed by atoms with Gasteiger partial charge in [-0.15, -0.1) is 10.2 Å². The van der Waals surface area contributed by atoms with Crippen molar-refractivity contribution in [3.8, 4) is 11.9 Å². The van der Waals surface area contributed by atoms with Gasteiger partial charge in [0.1, 0.15) is 11.6 Å². The van der Waals surface area contributed by atoms with Crippen LogP contribution in [-0.4, -0.2) is 38.5 Å². The first kappa shape index (κ1) is 24.8. The lowest BCUT2D eigenvalue weighted by Crippen LogP contribution is -2.35. The Labute approximate surface area is 200 Å². The van der Waals surface area contributed by atoms with E-state index >= 15 is 0 Å². The van der Waals surface area contributed by atoms with Crippen LogP contribution < -0.4 is 5.56 Å². The van der Waals surface area contributed by atoms with Crippen LogP contribution in [0, 0.1) is 28.4 Å². The second-order valence-corrected chi connectivity index (χ2v) is 7.44. The number of hydrogen-bond donors (Lipinski definition) is 1. The molecule has 2 aromatic carbocycles.